The van der Waals surface area contributed by atoms with Crippen molar-refractivity contribution in [3.63, 3.8) is 0 Å². The van der Waals surface area contributed by atoms with Crippen molar-refractivity contribution in [3.05, 3.63) is 11.3 Å². The molecule has 0 amide bonds. The molecule has 0 atom stereocenters. The first-order valence-electron chi connectivity index (χ1n) is 3.84. The van der Waals surface area contributed by atoms with Crippen LogP contribution in [-0.2, 0) is 22.0 Å². The van der Waals surface area contributed by atoms with E-state index in [2.05, 4.69) is 5.16 Å². The predicted octanol–water partition coefficient (Wildman–Crippen LogP) is 0.867. The smallest absolute Gasteiger partial charge is 0.254 e. The van der Waals surface area contributed by atoms with Gasteiger partial charge in [0, 0.05) is 24.0 Å². The number of nitrogens with zero attached hydrogens (tertiary/aromatic N) is 1. The SMILES string of the molecule is CS(=O)(=O)c1onc2c1CSCC2. The lowest BCUT2D eigenvalue weighted by atomic mass is 10.2. The second-order valence-corrected chi connectivity index (χ2v) is 5.99. The molecular weight excluding hydrogens is 210 g/mol. The minimum Gasteiger partial charge on any atom is -0.344 e. The number of hydrogen-bond acceptors (Lipinski definition) is 5. The van der Waals surface area contributed by atoms with E-state index < -0.39 is 9.84 Å². The van der Waals surface area contributed by atoms with Gasteiger partial charge in [0.15, 0.2) is 0 Å². The quantitative estimate of drug-likeness (QED) is 0.701. The van der Waals surface area contributed by atoms with Gasteiger partial charge < -0.3 is 4.52 Å². The number of fused-ring (bicyclic) bond motifs is 1. The lowest BCUT2D eigenvalue weighted by Gasteiger charge is -2.07. The number of hydrogen-bond donors (Lipinski definition) is 0. The second kappa shape index (κ2) is 3.02. The van der Waals surface area contributed by atoms with E-state index in [0.717, 1.165) is 29.7 Å². The van der Waals surface area contributed by atoms with Gasteiger partial charge in [-0.05, 0) is 5.75 Å². The van der Waals surface area contributed by atoms with E-state index >= 15 is 0 Å². The minimum absolute atomic E-state index is 0.0506. The van der Waals surface area contributed by atoms with Gasteiger partial charge in [-0.2, -0.15) is 11.8 Å². The molecule has 13 heavy (non-hydrogen) atoms. The van der Waals surface area contributed by atoms with Crippen molar-refractivity contribution in [1.29, 1.82) is 0 Å². The molecule has 0 radical (unpaired) electrons. The molecule has 4 nitrogen and oxygen atoms in total. The van der Waals surface area contributed by atoms with Crippen molar-refractivity contribution in [2.24, 2.45) is 0 Å². The Morgan fingerprint density at radius 1 is 1.54 bits per heavy atom. The van der Waals surface area contributed by atoms with Crippen LogP contribution in [0, 0.1) is 0 Å². The maximum absolute atomic E-state index is 11.2. The van der Waals surface area contributed by atoms with E-state index in [1.54, 1.807) is 11.8 Å². The third-order valence-corrected chi connectivity index (χ3v) is 3.88. The lowest BCUT2D eigenvalue weighted by molar-refractivity contribution is 0.334. The van der Waals surface area contributed by atoms with Crippen LogP contribution in [0.4, 0.5) is 0 Å². The van der Waals surface area contributed by atoms with E-state index in [1.165, 1.54) is 0 Å². The summed E-state index contributed by atoms with van der Waals surface area (Å²) in [6.45, 7) is 0. The van der Waals surface area contributed by atoms with E-state index in [0.29, 0.717) is 5.75 Å². The highest BCUT2D eigenvalue weighted by atomic mass is 32.2. The van der Waals surface area contributed by atoms with Gasteiger partial charge >= 0.3 is 0 Å². The molecule has 0 saturated heterocycles. The predicted molar refractivity (Wildman–Crippen MR) is 49.5 cm³/mol. The van der Waals surface area contributed by atoms with Gasteiger partial charge in [0.05, 0.1) is 5.69 Å². The minimum atomic E-state index is -3.24. The highest BCUT2D eigenvalue weighted by Crippen LogP contribution is 2.29. The van der Waals surface area contributed by atoms with Gasteiger partial charge in [-0.1, -0.05) is 5.16 Å². The number of aryl methyl sites for hydroxylation is 1. The number of sulfone groups is 1. The summed E-state index contributed by atoms with van der Waals surface area (Å²) < 4.78 is 27.3. The molecule has 2 heterocycles. The Balaban J connectivity index is 2.55. The Bertz CT molecular complexity index is 421. The van der Waals surface area contributed by atoms with Crippen LogP contribution in [0.5, 0.6) is 0 Å². The first-order chi connectivity index (χ1) is 6.09. The molecule has 1 aliphatic rings. The first-order valence-corrected chi connectivity index (χ1v) is 6.89. The molecule has 0 aromatic carbocycles. The largest absolute Gasteiger partial charge is 0.344 e. The molecule has 72 valence electrons. The van der Waals surface area contributed by atoms with Crippen LogP contribution < -0.4 is 0 Å². The van der Waals surface area contributed by atoms with Crippen LogP contribution in [0.3, 0.4) is 0 Å². The summed E-state index contributed by atoms with van der Waals surface area (Å²) >= 11 is 1.71. The molecule has 0 unspecified atom stereocenters. The molecule has 1 aliphatic heterocycles. The second-order valence-electron chi connectivity index (χ2n) is 2.97. The fourth-order valence-corrected chi connectivity index (χ4v) is 3.18. The van der Waals surface area contributed by atoms with Crippen molar-refractivity contribution in [2.75, 3.05) is 12.0 Å². The zero-order valence-corrected chi connectivity index (χ0v) is 8.74. The summed E-state index contributed by atoms with van der Waals surface area (Å²) in [4.78, 5) is 0. The molecule has 0 saturated carbocycles. The molecule has 6 heteroatoms. The van der Waals surface area contributed by atoms with Crippen molar-refractivity contribution in [3.8, 4) is 0 Å². The van der Waals surface area contributed by atoms with Crippen LogP contribution in [0.25, 0.3) is 0 Å². The van der Waals surface area contributed by atoms with Crippen LogP contribution >= 0.6 is 11.8 Å². The van der Waals surface area contributed by atoms with Crippen molar-refractivity contribution in [1.82, 2.24) is 5.16 Å². The van der Waals surface area contributed by atoms with E-state index in [4.69, 9.17) is 4.52 Å². The van der Waals surface area contributed by atoms with Gasteiger partial charge in [-0.25, -0.2) is 8.42 Å². The average Bonchev–Trinajstić information content (AvgIpc) is 2.45. The first kappa shape index (κ1) is 9.08. The van der Waals surface area contributed by atoms with Gasteiger partial charge in [0.2, 0.25) is 9.84 Å². The standard InChI is InChI=1S/C7H9NO3S2/c1-13(9,10)7-5-4-12-3-2-6(5)8-11-7/h2-4H2,1H3. The summed E-state index contributed by atoms with van der Waals surface area (Å²) in [6, 6.07) is 0. The fourth-order valence-electron chi connectivity index (χ4n) is 1.30. The average molecular weight is 219 g/mol. The normalized spacial score (nSPS) is 17.0. The molecule has 0 N–H and O–H groups in total. The van der Waals surface area contributed by atoms with Gasteiger partial charge in [0.1, 0.15) is 0 Å². The Morgan fingerprint density at radius 3 is 3.00 bits per heavy atom. The zero-order chi connectivity index (χ0) is 9.47. The Kier molecular flexibility index (Phi) is 2.11. The molecule has 0 aliphatic carbocycles. The monoisotopic (exact) mass is 219 g/mol. The van der Waals surface area contributed by atoms with Crippen LogP contribution in [0.1, 0.15) is 11.3 Å². The lowest BCUT2D eigenvalue weighted by Crippen LogP contribution is -2.05. The van der Waals surface area contributed by atoms with Gasteiger partial charge in [-0.3, -0.25) is 0 Å². The topological polar surface area (TPSA) is 60.2 Å². The van der Waals surface area contributed by atoms with Gasteiger partial charge in [-0.15, -0.1) is 0 Å². The number of rotatable bonds is 1. The van der Waals surface area contributed by atoms with Crippen molar-refractivity contribution < 1.29 is 12.9 Å². The maximum Gasteiger partial charge on any atom is 0.254 e. The highest BCUT2D eigenvalue weighted by Gasteiger charge is 2.25. The molecular formula is C7H9NO3S2. The molecule has 2 rings (SSSR count). The Labute approximate surface area is 80.6 Å². The molecule has 0 spiro atoms. The van der Waals surface area contributed by atoms with E-state index in [1.807, 2.05) is 0 Å². The fraction of sp³-hybridized carbons (Fsp3) is 0.571. The summed E-state index contributed by atoms with van der Waals surface area (Å²) in [5.74, 6) is 1.68. The van der Waals surface area contributed by atoms with Crippen molar-refractivity contribution in [2.45, 2.75) is 17.3 Å². The molecule has 1 aromatic heterocycles. The summed E-state index contributed by atoms with van der Waals surface area (Å²) in [5.41, 5.74) is 1.57. The van der Waals surface area contributed by atoms with E-state index in [9.17, 15) is 8.42 Å². The third-order valence-electron chi connectivity index (χ3n) is 1.90. The summed E-state index contributed by atoms with van der Waals surface area (Å²) in [7, 11) is -3.24. The maximum atomic E-state index is 11.2. The molecule has 1 aromatic rings. The van der Waals surface area contributed by atoms with Crippen LogP contribution in [0.2, 0.25) is 0 Å². The summed E-state index contributed by atoms with van der Waals surface area (Å²) in [5, 5.41) is 3.81. The molecule has 0 bridgehead atoms. The number of thioether (sulfide) groups is 1. The van der Waals surface area contributed by atoms with Gasteiger partial charge in [0.25, 0.3) is 5.09 Å². The van der Waals surface area contributed by atoms with Crippen LogP contribution in [-0.4, -0.2) is 25.6 Å². The molecule has 0 fully saturated rings. The van der Waals surface area contributed by atoms with E-state index in [-0.39, 0.29) is 5.09 Å². The highest BCUT2D eigenvalue weighted by molar-refractivity contribution is 7.98. The van der Waals surface area contributed by atoms with Crippen molar-refractivity contribution >= 4 is 21.6 Å². The number of aromatic nitrogens is 1. The Morgan fingerprint density at radius 2 is 2.31 bits per heavy atom. The summed E-state index contributed by atoms with van der Waals surface area (Å²) in [6.07, 6.45) is 1.95. The third kappa shape index (κ3) is 1.60. The Hall–Kier alpha value is -0.490. The zero-order valence-electron chi connectivity index (χ0n) is 7.11. The van der Waals surface area contributed by atoms with Crippen LogP contribution in [0.15, 0.2) is 9.62 Å².